The fourth-order valence-corrected chi connectivity index (χ4v) is 5.25. The minimum atomic E-state index is -0.131. The molecule has 3 unspecified atom stereocenters. The molecule has 7 heteroatoms. The first-order valence-corrected chi connectivity index (χ1v) is 12.3. The van der Waals surface area contributed by atoms with E-state index >= 15 is 0 Å². The summed E-state index contributed by atoms with van der Waals surface area (Å²) in [4.78, 5) is 29.1. The molecule has 3 atom stereocenters. The largest absolute Gasteiger partial charge is 0.466 e. The van der Waals surface area contributed by atoms with Crippen LogP contribution in [0, 0.1) is 5.92 Å². The molecule has 1 amide bonds. The van der Waals surface area contributed by atoms with Gasteiger partial charge >= 0.3 is 5.97 Å². The van der Waals surface area contributed by atoms with Gasteiger partial charge in [0.05, 0.1) is 23.1 Å². The summed E-state index contributed by atoms with van der Waals surface area (Å²) in [5.74, 6) is 0.513. The lowest BCUT2D eigenvalue weighted by Gasteiger charge is -2.51. The lowest BCUT2D eigenvalue weighted by Crippen LogP contribution is -2.60. The number of hydrogen-bond donors (Lipinski definition) is 0. The molecule has 1 saturated heterocycles. The highest BCUT2D eigenvalue weighted by Crippen LogP contribution is 2.36. The van der Waals surface area contributed by atoms with Crippen molar-refractivity contribution < 1.29 is 14.3 Å². The van der Waals surface area contributed by atoms with Gasteiger partial charge in [-0.3, -0.25) is 14.5 Å². The zero-order valence-corrected chi connectivity index (χ0v) is 20.1. The van der Waals surface area contributed by atoms with Gasteiger partial charge < -0.3 is 9.64 Å². The molecule has 0 N–H and O–H groups in total. The summed E-state index contributed by atoms with van der Waals surface area (Å²) < 4.78 is 5.28. The van der Waals surface area contributed by atoms with Crippen molar-refractivity contribution in [2.75, 3.05) is 26.7 Å². The van der Waals surface area contributed by atoms with Gasteiger partial charge in [-0.15, -0.1) is 0 Å². The Morgan fingerprint density at radius 3 is 2.58 bits per heavy atom. The van der Waals surface area contributed by atoms with Crippen molar-refractivity contribution in [1.82, 2.24) is 9.80 Å². The molecule has 0 radical (unpaired) electrons. The standard InChI is InChI=1S/C24H34Cl2N2O3/c1-3-23(30)31-14-5-8-18-7-4-9-21(24(18)28-12-6-13-28)27(2)22(29)16-17-10-11-19(25)20(26)15-17/h10-11,15,18,21,24H,3-9,12-14,16H2,1-2H3. The van der Waals surface area contributed by atoms with Crippen molar-refractivity contribution in [3.63, 3.8) is 0 Å². The quantitative estimate of drug-likeness (QED) is 0.379. The number of carbonyl (C=O) groups excluding carboxylic acids is 2. The third-order valence-corrected chi connectivity index (χ3v) is 7.50. The van der Waals surface area contributed by atoms with Crippen LogP contribution in [0.3, 0.4) is 0 Å². The van der Waals surface area contributed by atoms with Gasteiger partial charge in [-0.05, 0) is 68.8 Å². The number of rotatable bonds is 9. The van der Waals surface area contributed by atoms with Crippen LogP contribution in [0.4, 0.5) is 0 Å². The number of carbonyl (C=O) groups is 2. The maximum absolute atomic E-state index is 13.1. The summed E-state index contributed by atoms with van der Waals surface area (Å²) in [6.45, 7) is 4.53. The zero-order valence-electron chi connectivity index (χ0n) is 18.6. The molecule has 1 aromatic carbocycles. The molecule has 172 valence electrons. The number of benzene rings is 1. The Hall–Kier alpha value is -1.30. The molecule has 1 aromatic rings. The fourth-order valence-electron chi connectivity index (χ4n) is 4.93. The van der Waals surface area contributed by atoms with Gasteiger partial charge in [-0.2, -0.15) is 0 Å². The lowest BCUT2D eigenvalue weighted by molar-refractivity contribution is -0.143. The number of likely N-dealkylation sites (tertiary alicyclic amines) is 1. The van der Waals surface area contributed by atoms with Gasteiger partial charge in [0, 0.05) is 25.6 Å². The van der Waals surface area contributed by atoms with E-state index in [1.807, 2.05) is 24.9 Å². The Bertz CT molecular complexity index is 769. The summed E-state index contributed by atoms with van der Waals surface area (Å²) in [5, 5.41) is 0.985. The highest BCUT2D eigenvalue weighted by atomic mass is 35.5. The lowest BCUT2D eigenvalue weighted by atomic mass is 9.76. The molecule has 5 nitrogen and oxygen atoms in total. The molecular formula is C24H34Cl2N2O3. The van der Waals surface area contributed by atoms with Crippen molar-refractivity contribution >= 4 is 35.1 Å². The molecule has 0 aromatic heterocycles. The van der Waals surface area contributed by atoms with Crippen LogP contribution in [0.5, 0.6) is 0 Å². The van der Waals surface area contributed by atoms with Gasteiger partial charge in [0.25, 0.3) is 0 Å². The highest BCUT2D eigenvalue weighted by molar-refractivity contribution is 6.42. The normalized spacial score (nSPS) is 23.8. The average Bonchev–Trinajstić information content (AvgIpc) is 2.72. The van der Waals surface area contributed by atoms with Crippen LogP contribution < -0.4 is 0 Å². The second-order valence-corrected chi connectivity index (χ2v) is 9.60. The SMILES string of the molecule is CCC(=O)OCCCC1CCCC(N(C)C(=O)Cc2ccc(Cl)c(Cl)c2)C1N1CCC1. The molecule has 31 heavy (non-hydrogen) atoms. The molecule has 0 spiro atoms. The molecule has 1 saturated carbocycles. The molecular weight excluding hydrogens is 435 g/mol. The van der Waals surface area contributed by atoms with E-state index in [2.05, 4.69) is 4.90 Å². The van der Waals surface area contributed by atoms with Crippen LogP contribution >= 0.6 is 23.2 Å². The molecule has 3 rings (SSSR count). The molecule has 0 bridgehead atoms. The maximum Gasteiger partial charge on any atom is 0.305 e. The smallest absolute Gasteiger partial charge is 0.305 e. The molecule has 1 aliphatic heterocycles. The Morgan fingerprint density at radius 1 is 1.16 bits per heavy atom. The molecule has 1 aliphatic carbocycles. The average molecular weight is 469 g/mol. The first-order chi connectivity index (χ1) is 14.9. The first-order valence-electron chi connectivity index (χ1n) is 11.5. The van der Waals surface area contributed by atoms with E-state index in [1.165, 1.54) is 12.8 Å². The van der Waals surface area contributed by atoms with Gasteiger partial charge in [0.1, 0.15) is 0 Å². The Labute approximate surface area is 196 Å². The summed E-state index contributed by atoms with van der Waals surface area (Å²) in [6, 6.07) is 6.00. The summed E-state index contributed by atoms with van der Waals surface area (Å²) in [7, 11) is 1.95. The predicted molar refractivity (Wildman–Crippen MR) is 125 cm³/mol. The van der Waals surface area contributed by atoms with Gasteiger partial charge in [0.2, 0.25) is 5.91 Å². The second-order valence-electron chi connectivity index (χ2n) is 8.78. The third kappa shape index (κ3) is 6.36. The Kier molecular flexibility index (Phi) is 9.06. The molecule has 2 fully saturated rings. The Balaban J connectivity index is 1.63. The van der Waals surface area contributed by atoms with Crippen molar-refractivity contribution in [2.24, 2.45) is 5.92 Å². The van der Waals surface area contributed by atoms with E-state index in [-0.39, 0.29) is 17.9 Å². The number of nitrogens with zero attached hydrogens (tertiary/aromatic N) is 2. The number of esters is 1. The minimum Gasteiger partial charge on any atom is -0.466 e. The summed E-state index contributed by atoms with van der Waals surface area (Å²) in [6.07, 6.45) is 7.23. The van der Waals surface area contributed by atoms with E-state index in [9.17, 15) is 9.59 Å². The number of hydrogen-bond acceptors (Lipinski definition) is 4. The van der Waals surface area contributed by atoms with Gasteiger partial charge in [-0.25, -0.2) is 0 Å². The summed E-state index contributed by atoms with van der Waals surface area (Å²) in [5.41, 5.74) is 0.886. The number of ether oxygens (including phenoxy) is 1. The minimum absolute atomic E-state index is 0.117. The Morgan fingerprint density at radius 2 is 1.94 bits per heavy atom. The van der Waals surface area contributed by atoms with E-state index in [0.29, 0.717) is 41.5 Å². The highest BCUT2D eigenvalue weighted by Gasteiger charge is 2.41. The van der Waals surface area contributed by atoms with Crippen LogP contribution in [-0.2, 0) is 20.7 Å². The maximum atomic E-state index is 13.1. The number of likely N-dealkylation sites (N-methyl/N-ethyl adjacent to an activating group) is 1. The first kappa shape index (κ1) is 24.3. The van der Waals surface area contributed by atoms with Crippen LogP contribution in [0.1, 0.15) is 57.4 Å². The number of amides is 1. The fraction of sp³-hybridized carbons (Fsp3) is 0.667. The third-order valence-electron chi connectivity index (χ3n) is 6.77. The van der Waals surface area contributed by atoms with E-state index in [0.717, 1.165) is 44.3 Å². The zero-order chi connectivity index (χ0) is 22.4. The predicted octanol–water partition coefficient (Wildman–Crippen LogP) is 4.97. The van der Waals surface area contributed by atoms with Crippen molar-refractivity contribution in [3.8, 4) is 0 Å². The van der Waals surface area contributed by atoms with Crippen LogP contribution in [-0.4, -0.2) is 60.5 Å². The van der Waals surface area contributed by atoms with Crippen LogP contribution in [0.15, 0.2) is 18.2 Å². The van der Waals surface area contributed by atoms with Crippen LogP contribution in [0.25, 0.3) is 0 Å². The van der Waals surface area contributed by atoms with E-state index in [1.54, 1.807) is 12.1 Å². The second kappa shape index (κ2) is 11.5. The van der Waals surface area contributed by atoms with Crippen molar-refractivity contribution in [1.29, 1.82) is 0 Å². The van der Waals surface area contributed by atoms with E-state index < -0.39 is 0 Å². The van der Waals surface area contributed by atoms with Crippen molar-refractivity contribution in [3.05, 3.63) is 33.8 Å². The van der Waals surface area contributed by atoms with Gasteiger partial charge in [-0.1, -0.05) is 42.6 Å². The topological polar surface area (TPSA) is 49.9 Å². The number of halogens is 2. The molecule has 1 heterocycles. The van der Waals surface area contributed by atoms with E-state index in [4.69, 9.17) is 27.9 Å². The van der Waals surface area contributed by atoms with Crippen molar-refractivity contribution in [2.45, 2.75) is 70.4 Å². The summed E-state index contributed by atoms with van der Waals surface area (Å²) >= 11 is 12.1. The monoisotopic (exact) mass is 468 g/mol. The van der Waals surface area contributed by atoms with Gasteiger partial charge in [0.15, 0.2) is 0 Å². The van der Waals surface area contributed by atoms with Crippen LogP contribution in [0.2, 0.25) is 10.0 Å². The molecule has 2 aliphatic rings.